The smallest absolute Gasteiger partial charge is 0.319 e. The number of hydrogen-bond donors (Lipinski definition) is 3. The highest BCUT2D eigenvalue weighted by atomic mass is 35.5. The van der Waals surface area contributed by atoms with Gasteiger partial charge in [-0.25, -0.2) is 15.5 Å². The molecule has 0 bridgehead atoms. The van der Waals surface area contributed by atoms with Gasteiger partial charge in [0.2, 0.25) is 0 Å². The first-order valence-electron chi connectivity index (χ1n) is 10.2. The number of benzene rings is 2. The molecule has 0 aliphatic rings. The Balaban J connectivity index is 0.00000222. The number of carbonyl (C=O) groups excluding carboxylic acids is 2. The van der Waals surface area contributed by atoms with Crippen molar-refractivity contribution < 1.29 is 28.0 Å². The van der Waals surface area contributed by atoms with E-state index in [1.54, 1.807) is 24.3 Å². The lowest BCUT2D eigenvalue weighted by molar-refractivity contribution is -0.113. The molecule has 0 saturated carbocycles. The maximum absolute atomic E-state index is 13.0. The van der Waals surface area contributed by atoms with E-state index >= 15 is 0 Å². The lowest BCUT2D eigenvalue weighted by Gasteiger charge is -2.22. The number of amides is 2. The van der Waals surface area contributed by atoms with E-state index in [9.17, 15) is 22.8 Å². The van der Waals surface area contributed by atoms with E-state index in [-0.39, 0.29) is 33.3 Å². The molecule has 190 valence electrons. The van der Waals surface area contributed by atoms with Crippen LogP contribution in [0.5, 0.6) is 0 Å². The molecule has 0 spiro atoms. The number of nitrogens with zero attached hydrogens (tertiary/aromatic N) is 3. The number of nitrogens with one attached hydrogen (secondary N) is 2. The van der Waals surface area contributed by atoms with Crippen LogP contribution < -0.4 is 15.8 Å². The van der Waals surface area contributed by atoms with Crippen LogP contribution in [-0.2, 0) is 4.79 Å². The van der Waals surface area contributed by atoms with Gasteiger partial charge in [-0.1, -0.05) is 67.9 Å². The van der Waals surface area contributed by atoms with Gasteiger partial charge in [0, 0.05) is 11.6 Å². The predicted molar refractivity (Wildman–Crippen MR) is 134 cm³/mol. The van der Waals surface area contributed by atoms with Crippen molar-refractivity contribution in [3.63, 3.8) is 0 Å². The van der Waals surface area contributed by atoms with Crippen LogP contribution in [0, 0.1) is 0 Å². The third-order valence-corrected chi connectivity index (χ3v) is 5.04. The summed E-state index contributed by atoms with van der Waals surface area (Å²) in [7, 11) is 0. The Morgan fingerprint density at radius 1 is 1.17 bits per heavy atom. The van der Waals surface area contributed by atoms with Gasteiger partial charge in [-0.3, -0.25) is 14.8 Å². The Labute approximate surface area is 214 Å². The van der Waals surface area contributed by atoms with Gasteiger partial charge in [0.15, 0.2) is 5.82 Å². The highest BCUT2D eigenvalue weighted by molar-refractivity contribution is 6.40. The van der Waals surface area contributed by atoms with Crippen LogP contribution in [0.4, 0.5) is 24.7 Å². The predicted octanol–water partition coefficient (Wildman–Crippen LogP) is 6.19. The van der Waals surface area contributed by atoms with E-state index in [2.05, 4.69) is 22.0 Å². The molecule has 2 aromatic carbocycles. The number of halogens is 5. The maximum Gasteiger partial charge on any atom is 0.428 e. The zero-order chi connectivity index (χ0) is 27.0. The second kappa shape index (κ2) is 12.3. The molecule has 3 N–H and O–H groups in total. The molecule has 0 aliphatic carbocycles. The fourth-order valence-corrected chi connectivity index (χ4v) is 3.38. The summed E-state index contributed by atoms with van der Waals surface area (Å²) in [6.07, 6.45) is -3.96. The summed E-state index contributed by atoms with van der Waals surface area (Å²) in [6, 6.07) is 10.7. The number of hydrogen-bond acceptors (Lipinski definition) is 6. The summed E-state index contributed by atoms with van der Waals surface area (Å²) in [5.74, 6) is -2.37. The number of fused-ring (bicyclic) bond motifs is 1. The van der Waals surface area contributed by atoms with Gasteiger partial charge in [-0.2, -0.15) is 18.3 Å². The summed E-state index contributed by atoms with van der Waals surface area (Å²) in [5.41, 5.74) is 0.395. The molecule has 0 aliphatic heterocycles. The Kier molecular flexibility index (Phi) is 9.79. The molecule has 13 heteroatoms. The van der Waals surface area contributed by atoms with Gasteiger partial charge in [-0.05, 0) is 23.6 Å². The highest BCUT2D eigenvalue weighted by Crippen LogP contribution is 2.35. The Morgan fingerprint density at radius 2 is 1.83 bits per heavy atom. The van der Waals surface area contributed by atoms with Crippen molar-refractivity contribution in [3.05, 3.63) is 76.5 Å². The van der Waals surface area contributed by atoms with Crippen molar-refractivity contribution in [3.8, 4) is 0 Å². The highest BCUT2D eigenvalue weighted by Gasteiger charge is 2.28. The number of rotatable bonds is 6. The first-order valence-corrected chi connectivity index (χ1v) is 11.0. The largest absolute Gasteiger partial charge is 0.428 e. The molecule has 1 heterocycles. The summed E-state index contributed by atoms with van der Waals surface area (Å²) in [4.78, 5) is 29.1. The quantitative estimate of drug-likeness (QED) is 0.149. The number of carbonyl (C=O) groups is 2. The fraction of sp³-hybridized carbons (Fsp3) is 0.130. The van der Waals surface area contributed by atoms with Crippen LogP contribution in [0.2, 0.25) is 10.0 Å². The van der Waals surface area contributed by atoms with Gasteiger partial charge < -0.3 is 5.32 Å². The second-order valence-electron chi connectivity index (χ2n) is 6.58. The lowest BCUT2D eigenvalue weighted by atomic mass is 10.0. The molecule has 3 rings (SSSR count). The standard InChI is InChI=1S/C21H14Cl2F3N5O3.C2H6/c1-11(31(28-10-21(24,25)26)18-15(22)7-4-8-27-18)19(32)29-17-14(20(33)30-34)9-12-5-2-3-6-13(12)16(17)23;1-2/h2-10,34H,1H2,(H,29,32)(H,30,33);1-2H3/b28-10+;. The van der Waals surface area contributed by atoms with E-state index in [1.165, 1.54) is 29.9 Å². The second-order valence-corrected chi connectivity index (χ2v) is 7.37. The van der Waals surface area contributed by atoms with Crippen molar-refractivity contribution >= 4 is 63.5 Å². The topological polar surface area (TPSA) is 107 Å². The summed E-state index contributed by atoms with van der Waals surface area (Å²) in [6.45, 7) is 7.50. The SMILES string of the molecule is C=C(C(=O)Nc1c(C(=O)NO)cc2ccccc2c1Cl)N(/N=C/C(F)(F)F)c1ncccc1Cl.CC. The van der Waals surface area contributed by atoms with Crippen molar-refractivity contribution in [1.29, 1.82) is 0 Å². The lowest BCUT2D eigenvalue weighted by Crippen LogP contribution is -2.29. The molecule has 3 aromatic rings. The summed E-state index contributed by atoms with van der Waals surface area (Å²) >= 11 is 12.4. The van der Waals surface area contributed by atoms with Crippen LogP contribution in [0.15, 0.2) is 66.0 Å². The molecule has 36 heavy (non-hydrogen) atoms. The average molecular weight is 542 g/mol. The van der Waals surface area contributed by atoms with Crippen LogP contribution in [-0.4, -0.2) is 34.4 Å². The summed E-state index contributed by atoms with van der Waals surface area (Å²) < 4.78 is 38.3. The third-order valence-electron chi connectivity index (χ3n) is 4.35. The zero-order valence-corrected chi connectivity index (χ0v) is 20.4. The van der Waals surface area contributed by atoms with Crippen molar-refractivity contribution in [2.75, 3.05) is 10.3 Å². The molecular formula is C23H20Cl2F3N5O3. The Hall–Kier alpha value is -3.67. The third kappa shape index (κ3) is 6.72. The Bertz CT molecular complexity index is 1320. The van der Waals surface area contributed by atoms with Crippen molar-refractivity contribution in [2.45, 2.75) is 20.0 Å². The minimum atomic E-state index is -4.82. The monoisotopic (exact) mass is 541 g/mol. The van der Waals surface area contributed by atoms with Gasteiger partial charge in [-0.15, -0.1) is 0 Å². The maximum atomic E-state index is 13.0. The molecule has 0 fully saturated rings. The van der Waals surface area contributed by atoms with Crippen molar-refractivity contribution in [2.24, 2.45) is 5.10 Å². The molecule has 2 amide bonds. The molecule has 0 unspecified atom stereocenters. The van der Waals surface area contributed by atoms with Crippen LogP contribution >= 0.6 is 23.2 Å². The van der Waals surface area contributed by atoms with E-state index in [1.807, 2.05) is 13.8 Å². The van der Waals surface area contributed by atoms with Crippen LogP contribution in [0.1, 0.15) is 24.2 Å². The van der Waals surface area contributed by atoms with Crippen molar-refractivity contribution in [1.82, 2.24) is 10.5 Å². The number of hydrazone groups is 1. The van der Waals surface area contributed by atoms with Gasteiger partial charge in [0.25, 0.3) is 11.8 Å². The number of pyridine rings is 1. The number of hydroxylamine groups is 1. The minimum Gasteiger partial charge on any atom is -0.319 e. The molecule has 0 atom stereocenters. The fourth-order valence-electron chi connectivity index (χ4n) is 2.86. The molecule has 0 radical (unpaired) electrons. The van der Waals surface area contributed by atoms with Gasteiger partial charge >= 0.3 is 6.18 Å². The molecule has 1 aromatic heterocycles. The van der Waals surface area contributed by atoms with Crippen LogP contribution in [0.3, 0.4) is 0 Å². The van der Waals surface area contributed by atoms with Gasteiger partial charge in [0.05, 0.1) is 21.3 Å². The van der Waals surface area contributed by atoms with E-state index in [0.29, 0.717) is 15.8 Å². The summed E-state index contributed by atoms with van der Waals surface area (Å²) in [5, 5.41) is 16.0. The van der Waals surface area contributed by atoms with Crippen LogP contribution in [0.25, 0.3) is 10.8 Å². The minimum absolute atomic E-state index is 0.0564. The average Bonchev–Trinajstić information content (AvgIpc) is 2.86. The van der Waals surface area contributed by atoms with E-state index in [4.69, 9.17) is 28.4 Å². The van der Waals surface area contributed by atoms with E-state index < -0.39 is 23.7 Å². The molecule has 8 nitrogen and oxygen atoms in total. The molecular weight excluding hydrogens is 522 g/mol. The number of anilines is 2. The van der Waals surface area contributed by atoms with E-state index in [0.717, 1.165) is 0 Å². The zero-order valence-electron chi connectivity index (χ0n) is 18.9. The number of aromatic nitrogens is 1. The molecule has 0 saturated heterocycles. The van der Waals surface area contributed by atoms with Gasteiger partial charge in [0.1, 0.15) is 11.9 Å². The first-order chi connectivity index (χ1) is 17.0. The Morgan fingerprint density at radius 3 is 2.44 bits per heavy atom. The normalized spacial score (nSPS) is 11.0. The first kappa shape index (κ1) is 28.6. The number of alkyl halides is 3.